The van der Waals surface area contributed by atoms with Crippen LogP contribution in [0.15, 0.2) is 70.6 Å². The van der Waals surface area contributed by atoms with Crippen molar-refractivity contribution in [3.8, 4) is 0 Å². The summed E-state index contributed by atoms with van der Waals surface area (Å²) >= 11 is 1.32. The first-order valence-corrected chi connectivity index (χ1v) is 14.9. The van der Waals surface area contributed by atoms with Gasteiger partial charge < -0.3 is 9.30 Å². The maximum Gasteiger partial charge on any atom is 0.325 e. The molecular weight excluding hydrogens is 522 g/mol. The van der Waals surface area contributed by atoms with Crippen molar-refractivity contribution in [2.24, 2.45) is 4.99 Å². The monoisotopic (exact) mass is 551 g/mol. The van der Waals surface area contributed by atoms with E-state index >= 15 is 0 Å². The molecule has 0 bridgehead atoms. The number of hydrogen-bond donors (Lipinski definition) is 0. The lowest BCUT2D eigenvalue weighted by Crippen LogP contribution is -2.43. The Morgan fingerprint density at radius 1 is 1.05 bits per heavy atom. The van der Waals surface area contributed by atoms with Crippen LogP contribution in [0.2, 0.25) is 0 Å². The number of amides is 1. The van der Waals surface area contributed by atoms with Gasteiger partial charge in [0.1, 0.15) is 6.54 Å². The van der Waals surface area contributed by atoms with Crippen molar-refractivity contribution in [3.63, 3.8) is 0 Å². The number of rotatable bonds is 6. The molecule has 3 aromatic carbocycles. The molecule has 0 spiro atoms. The van der Waals surface area contributed by atoms with Gasteiger partial charge in [-0.15, -0.1) is 0 Å². The quantitative estimate of drug-likeness (QED) is 0.323. The van der Waals surface area contributed by atoms with E-state index in [1.165, 1.54) is 42.7 Å². The number of carbonyl (C=O) groups excluding carboxylic acids is 2. The van der Waals surface area contributed by atoms with Crippen LogP contribution in [0.1, 0.15) is 43.0 Å². The van der Waals surface area contributed by atoms with Gasteiger partial charge in [-0.1, -0.05) is 55.0 Å². The zero-order chi connectivity index (χ0) is 26.9. The highest BCUT2D eigenvalue weighted by Crippen LogP contribution is 2.29. The van der Waals surface area contributed by atoms with Crippen molar-refractivity contribution in [2.45, 2.75) is 50.1 Å². The molecule has 0 saturated carbocycles. The number of nitrogens with zero attached hydrogens (tertiary/aromatic N) is 3. The van der Waals surface area contributed by atoms with Crippen molar-refractivity contribution in [3.05, 3.63) is 71.0 Å². The first-order chi connectivity index (χ1) is 18.3. The molecule has 1 aromatic heterocycles. The minimum Gasteiger partial charge on any atom is -0.468 e. The topological polar surface area (TPSA) is 98.0 Å². The maximum atomic E-state index is 13.3. The zero-order valence-electron chi connectivity index (χ0n) is 21.3. The Morgan fingerprint density at radius 3 is 2.55 bits per heavy atom. The molecule has 10 heteroatoms. The third kappa shape index (κ3) is 4.91. The molecule has 4 aromatic rings. The number of fused-ring (bicyclic) bond motifs is 3. The molecule has 1 fully saturated rings. The molecular formula is C28H29N3O5S2. The number of esters is 1. The SMILES string of the molecule is CCC1CCCCN1S(=O)(=O)c1ccc(C(=O)N=c2sc3c4ccccc4ccc3n2CC(=O)OC)cc1. The fraction of sp³-hybridized carbons (Fsp3) is 0.321. The standard InChI is InChI=1S/C28H29N3O5S2/c1-3-21-9-6-7-17-31(21)38(34,35)22-14-11-20(12-15-22)27(33)29-28-30(18-25(32)36-2)24-16-13-19-8-4-5-10-23(19)26(24)37-28/h4-5,8,10-16,21H,3,6-7,9,17-18H2,1-2H3. The number of thiazole rings is 1. The minimum absolute atomic E-state index is 0.000595. The van der Waals surface area contributed by atoms with Gasteiger partial charge in [0.05, 0.1) is 22.2 Å². The number of sulfonamides is 1. The van der Waals surface area contributed by atoms with E-state index in [1.807, 2.05) is 43.3 Å². The molecule has 0 radical (unpaired) electrons. The summed E-state index contributed by atoms with van der Waals surface area (Å²) in [6.07, 6.45) is 3.51. The Balaban J connectivity index is 1.52. The van der Waals surface area contributed by atoms with Gasteiger partial charge in [-0.2, -0.15) is 9.30 Å². The second-order valence-electron chi connectivity index (χ2n) is 9.30. The molecule has 0 N–H and O–H groups in total. The van der Waals surface area contributed by atoms with Gasteiger partial charge in [-0.25, -0.2) is 8.42 Å². The number of piperidine rings is 1. The minimum atomic E-state index is -3.65. The maximum absolute atomic E-state index is 13.3. The van der Waals surface area contributed by atoms with Gasteiger partial charge in [0.15, 0.2) is 4.80 Å². The Bertz CT molecular complexity index is 1690. The lowest BCUT2D eigenvalue weighted by molar-refractivity contribution is -0.141. The molecule has 198 valence electrons. The first kappa shape index (κ1) is 26.3. The van der Waals surface area contributed by atoms with Crippen LogP contribution < -0.4 is 4.80 Å². The van der Waals surface area contributed by atoms with E-state index in [0.717, 1.165) is 46.7 Å². The average molecular weight is 552 g/mol. The van der Waals surface area contributed by atoms with Crippen molar-refractivity contribution in [2.75, 3.05) is 13.7 Å². The summed E-state index contributed by atoms with van der Waals surface area (Å²) < 4.78 is 35.6. The number of ether oxygens (including phenoxy) is 1. The molecule has 2 heterocycles. The number of aromatic nitrogens is 1. The lowest BCUT2D eigenvalue weighted by Gasteiger charge is -2.34. The molecule has 8 nitrogen and oxygen atoms in total. The van der Waals surface area contributed by atoms with Crippen LogP contribution in [0.5, 0.6) is 0 Å². The summed E-state index contributed by atoms with van der Waals surface area (Å²) in [4.78, 5) is 30.2. The van der Waals surface area contributed by atoms with Gasteiger partial charge in [-0.05, 0) is 55.0 Å². The van der Waals surface area contributed by atoms with E-state index in [1.54, 1.807) is 8.87 Å². The summed E-state index contributed by atoms with van der Waals surface area (Å²) in [6, 6.07) is 17.7. The van der Waals surface area contributed by atoms with Crippen LogP contribution in [0.4, 0.5) is 0 Å². The predicted molar refractivity (Wildman–Crippen MR) is 147 cm³/mol. The Kier molecular flexibility index (Phi) is 7.47. The van der Waals surface area contributed by atoms with Crippen LogP contribution in [0.25, 0.3) is 21.0 Å². The summed E-state index contributed by atoms with van der Waals surface area (Å²) in [6.45, 7) is 2.43. The molecule has 1 unspecified atom stereocenters. The molecule has 1 aliphatic heterocycles. The molecule has 1 aliphatic rings. The second-order valence-corrected chi connectivity index (χ2v) is 12.2. The van der Waals surface area contributed by atoms with E-state index in [0.29, 0.717) is 11.3 Å². The van der Waals surface area contributed by atoms with Crippen LogP contribution in [-0.4, -0.2) is 48.9 Å². The summed E-state index contributed by atoms with van der Waals surface area (Å²) in [5.74, 6) is -0.975. The fourth-order valence-corrected chi connectivity index (χ4v) is 7.92. The van der Waals surface area contributed by atoms with Crippen molar-refractivity contribution < 1.29 is 22.7 Å². The van der Waals surface area contributed by atoms with Crippen molar-refractivity contribution in [1.82, 2.24) is 8.87 Å². The van der Waals surface area contributed by atoms with Gasteiger partial charge in [-0.3, -0.25) is 9.59 Å². The van der Waals surface area contributed by atoms with Gasteiger partial charge in [0.2, 0.25) is 10.0 Å². The van der Waals surface area contributed by atoms with E-state index < -0.39 is 21.9 Å². The fourth-order valence-electron chi connectivity index (χ4n) is 4.99. The average Bonchev–Trinajstić information content (AvgIpc) is 3.29. The molecule has 1 saturated heterocycles. The normalized spacial score (nSPS) is 17.2. The highest BCUT2D eigenvalue weighted by molar-refractivity contribution is 7.89. The van der Waals surface area contributed by atoms with E-state index in [-0.39, 0.29) is 23.0 Å². The molecule has 0 aliphatic carbocycles. The van der Waals surface area contributed by atoms with Gasteiger partial charge >= 0.3 is 5.97 Å². The number of carbonyl (C=O) groups is 2. The third-order valence-corrected chi connectivity index (χ3v) is 10.1. The number of hydrogen-bond acceptors (Lipinski definition) is 6. The first-order valence-electron chi connectivity index (χ1n) is 12.6. The summed E-state index contributed by atoms with van der Waals surface area (Å²) in [5, 5.41) is 2.04. The van der Waals surface area contributed by atoms with Crippen LogP contribution >= 0.6 is 11.3 Å². The van der Waals surface area contributed by atoms with Crippen molar-refractivity contribution >= 4 is 54.2 Å². The van der Waals surface area contributed by atoms with Crippen LogP contribution in [-0.2, 0) is 26.1 Å². The van der Waals surface area contributed by atoms with E-state index in [9.17, 15) is 18.0 Å². The van der Waals surface area contributed by atoms with Gasteiger partial charge in [0.25, 0.3) is 5.91 Å². The van der Waals surface area contributed by atoms with Crippen LogP contribution in [0, 0.1) is 0 Å². The summed E-state index contributed by atoms with van der Waals surface area (Å²) in [7, 11) is -2.33. The van der Waals surface area contributed by atoms with E-state index in [2.05, 4.69) is 4.99 Å². The number of methoxy groups -OCH3 is 1. The molecule has 1 atom stereocenters. The van der Waals surface area contributed by atoms with Gasteiger partial charge in [0, 0.05) is 23.5 Å². The lowest BCUT2D eigenvalue weighted by atomic mass is 10.0. The zero-order valence-corrected chi connectivity index (χ0v) is 22.9. The molecule has 38 heavy (non-hydrogen) atoms. The Hall–Kier alpha value is -3.34. The molecule has 1 amide bonds. The summed E-state index contributed by atoms with van der Waals surface area (Å²) in [5.41, 5.74) is 1.04. The second kappa shape index (κ2) is 10.8. The van der Waals surface area contributed by atoms with Crippen molar-refractivity contribution in [1.29, 1.82) is 0 Å². The number of benzene rings is 3. The highest BCUT2D eigenvalue weighted by atomic mass is 32.2. The smallest absolute Gasteiger partial charge is 0.325 e. The predicted octanol–water partition coefficient (Wildman–Crippen LogP) is 4.72. The van der Waals surface area contributed by atoms with E-state index in [4.69, 9.17) is 4.74 Å². The molecule has 5 rings (SSSR count). The largest absolute Gasteiger partial charge is 0.468 e. The highest BCUT2D eigenvalue weighted by Gasteiger charge is 2.32. The Morgan fingerprint density at radius 2 is 1.82 bits per heavy atom. The third-order valence-electron chi connectivity index (χ3n) is 7.04. The Labute approximate surface area is 225 Å². The van der Waals surface area contributed by atoms with Crippen LogP contribution in [0.3, 0.4) is 0 Å².